The van der Waals surface area contributed by atoms with Crippen LogP contribution in [0, 0.1) is 0 Å². The van der Waals surface area contributed by atoms with Crippen molar-refractivity contribution in [2.24, 2.45) is 0 Å². The number of hydrogen-bond donors (Lipinski definition) is 3. The number of imidazole rings is 1. The lowest BCUT2D eigenvalue weighted by Crippen LogP contribution is -2.21. The highest BCUT2D eigenvalue weighted by atomic mass is 79.9. The molecule has 3 N–H and O–H groups in total. The molecule has 0 saturated heterocycles. The van der Waals surface area contributed by atoms with Gasteiger partial charge >= 0.3 is 18.1 Å². The first-order valence-corrected chi connectivity index (χ1v) is 8.79. The molecular formula is C17H15BrF3N3O5. The molecule has 0 aliphatic carbocycles. The highest BCUT2D eigenvalue weighted by Crippen LogP contribution is 2.20. The average Bonchev–Trinajstić information content (AvgIpc) is 3.28. The van der Waals surface area contributed by atoms with Gasteiger partial charge in [-0.2, -0.15) is 13.2 Å². The second kappa shape index (κ2) is 9.56. The van der Waals surface area contributed by atoms with Crippen molar-refractivity contribution in [2.45, 2.75) is 19.1 Å². The Morgan fingerprint density at radius 1 is 1.31 bits per heavy atom. The summed E-state index contributed by atoms with van der Waals surface area (Å²) in [6.07, 6.45) is 2.51. The maximum absolute atomic E-state index is 11.1. The van der Waals surface area contributed by atoms with Gasteiger partial charge in [-0.15, -0.1) is 0 Å². The quantitative estimate of drug-likeness (QED) is 0.466. The predicted octanol–water partition coefficient (Wildman–Crippen LogP) is 3.35. The lowest BCUT2D eigenvalue weighted by atomic mass is 10.2. The molecule has 0 saturated carbocycles. The third kappa shape index (κ3) is 6.32. The Morgan fingerprint density at radius 2 is 2.00 bits per heavy atom. The second-order valence-electron chi connectivity index (χ2n) is 5.69. The van der Waals surface area contributed by atoms with Crippen LogP contribution >= 0.6 is 15.9 Å². The molecule has 0 amide bonds. The number of furan rings is 1. The summed E-state index contributed by atoms with van der Waals surface area (Å²) in [5, 5.41) is 19.6. The summed E-state index contributed by atoms with van der Waals surface area (Å²) in [5.41, 5.74) is 2.97. The summed E-state index contributed by atoms with van der Waals surface area (Å²) in [6.45, 7) is 1.40. The molecule has 0 radical (unpaired) electrons. The number of carbonyl (C=O) groups is 2. The van der Waals surface area contributed by atoms with Crippen molar-refractivity contribution in [3.63, 3.8) is 0 Å². The fraction of sp³-hybridized carbons (Fsp3) is 0.235. The first-order valence-electron chi connectivity index (χ1n) is 8.00. The van der Waals surface area contributed by atoms with E-state index in [1.165, 1.54) is 0 Å². The zero-order valence-corrected chi connectivity index (χ0v) is 16.2. The molecule has 3 aromatic heterocycles. The van der Waals surface area contributed by atoms with Gasteiger partial charge in [-0.05, 0) is 46.6 Å². The Bertz CT molecular complexity index is 986. The number of rotatable bonds is 6. The molecule has 0 fully saturated rings. The summed E-state index contributed by atoms with van der Waals surface area (Å²) in [4.78, 5) is 24.4. The zero-order valence-electron chi connectivity index (χ0n) is 14.6. The average molecular weight is 478 g/mol. The number of carboxylic acid groups (broad SMARTS) is 2. The van der Waals surface area contributed by atoms with E-state index in [9.17, 15) is 18.0 Å². The van der Waals surface area contributed by atoms with E-state index in [1.54, 1.807) is 35.4 Å². The first-order chi connectivity index (χ1) is 13.6. The van der Waals surface area contributed by atoms with Gasteiger partial charge in [0.15, 0.2) is 5.65 Å². The van der Waals surface area contributed by atoms with Crippen LogP contribution < -0.4 is 5.32 Å². The van der Waals surface area contributed by atoms with Crippen LogP contribution in [-0.4, -0.2) is 44.3 Å². The number of aliphatic carboxylic acids is 1. The van der Waals surface area contributed by atoms with Gasteiger partial charge in [0, 0.05) is 12.7 Å². The van der Waals surface area contributed by atoms with Gasteiger partial charge in [-0.3, -0.25) is 0 Å². The van der Waals surface area contributed by atoms with E-state index < -0.39 is 18.1 Å². The summed E-state index contributed by atoms with van der Waals surface area (Å²) in [5.74, 6) is -3.72. The zero-order chi connectivity index (χ0) is 21.6. The smallest absolute Gasteiger partial charge is 0.478 e. The number of carboxylic acids is 2. The number of nitrogens with zero attached hydrogens (tertiary/aromatic N) is 2. The third-order valence-corrected chi connectivity index (χ3v) is 4.19. The van der Waals surface area contributed by atoms with Crippen molar-refractivity contribution in [2.75, 3.05) is 6.54 Å². The maximum atomic E-state index is 11.1. The normalized spacial score (nSPS) is 11.2. The summed E-state index contributed by atoms with van der Waals surface area (Å²) in [6, 6.07) is 3.49. The number of nitrogens with one attached hydrogen (secondary N) is 1. The Balaban J connectivity index is 0.000000370. The molecule has 8 nitrogen and oxygen atoms in total. The number of aromatic nitrogens is 2. The molecule has 3 heterocycles. The minimum Gasteiger partial charge on any atom is -0.478 e. The van der Waals surface area contributed by atoms with Crippen LogP contribution in [0.1, 0.15) is 21.6 Å². The van der Waals surface area contributed by atoms with Crippen molar-refractivity contribution in [1.29, 1.82) is 0 Å². The molecule has 3 aromatic rings. The minimum absolute atomic E-state index is 0.219. The Labute approximate surface area is 170 Å². The van der Waals surface area contributed by atoms with Crippen LogP contribution in [0.2, 0.25) is 0 Å². The lowest BCUT2D eigenvalue weighted by Gasteiger charge is -2.06. The van der Waals surface area contributed by atoms with Crippen LogP contribution in [0.3, 0.4) is 0 Å². The second-order valence-corrected chi connectivity index (χ2v) is 6.54. The summed E-state index contributed by atoms with van der Waals surface area (Å²) < 4.78 is 39.2. The Kier molecular flexibility index (Phi) is 7.40. The highest BCUT2D eigenvalue weighted by molar-refractivity contribution is 9.10. The van der Waals surface area contributed by atoms with Gasteiger partial charge < -0.3 is 24.3 Å². The minimum atomic E-state index is -5.08. The maximum Gasteiger partial charge on any atom is 0.490 e. The van der Waals surface area contributed by atoms with Crippen molar-refractivity contribution in [1.82, 2.24) is 14.7 Å². The molecular weight excluding hydrogens is 463 g/mol. The highest BCUT2D eigenvalue weighted by Gasteiger charge is 2.38. The molecule has 12 heteroatoms. The summed E-state index contributed by atoms with van der Waals surface area (Å²) in [7, 11) is 0. The largest absolute Gasteiger partial charge is 0.490 e. The van der Waals surface area contributed by atoms with E-state index >= 15 is 0 Å². The lowest BCUT2D eigenvalue weighted by molar-refractivity contribution is -0.192. The van der Waals surface area contributed by atoms with E-state index in [2.05, 4.69) is 26.2 Å². The predicted molar refractivity (Wildman–Crippen MR) is 97.7 cm³/mol. The number of pyridine rings is 1. The van der Waals surface area contributed by atoms with E-state index in [1.807, 2.05) is 6.07 Å². The van der Waals surface area contributed by atoms with E-state index in [0.29, 0.717) is 16.7 Å². The number of fused-ring (bicyclic) bond motifs is 1. The van der Waals surface area contributed by atoms with Gasteiger partial charge in [0.25, 0.3) is 0 Å². The molecule has 3 rings (SSSR count). The molecule has 156 valence electrons. The monoisotopic (exact) mass is 477 g/mol. The van der Waals surface area contributed by atoms with E-state index in [-0.39, 0.29) is 5.56 Å². The van der Waals surface area contributed by atoms with Gasteiger partial charge in [0.1, 0.15) is 0 Å². The SMILES string of the molecule is O=C(O)C(F)(F)F.O=C(O)c1cc(Br)c2ncc(CNCCc3ccoc3)n2c1. The van der Waals surface area contributed by atoms with E-state index in [4.69, 9.17) is 19.4 Å². The van der Waals surface area contributed by atoms with Gasteiger partial charge in [0.05, 0.1) is 34.5 Å². The molecule has 0 atom stereocenters. The van der Waals surface area contributed by atoms with Crippen molar-refractivity contribution >= 4 is 33.5 Å². The number of aromatic carboxylic acids is 1. The first kappa shape index (κ1) is 22.4. The Hall–Kier alpha value is -2.86. The summed E-state index contributed by atoms with van der Waals surface area (Å²) >= 11 is 3.36. The molecule has 0 aliphatic rings. The van der Waals surface area contributed by atoms with Crippen LogP contribution in [0.4, 0.5) is 13.2 Å². The van der Waals surface area contributed by atoms with Crippen molar-refractivity contribution < 1.29 is 37.4 Å². The van der Waals surface area contributed by atoms with Crippen LogP contribution in [0.5, 0.6) is 0 Å². The Morgan fingerprint density at radius 3 is 2.55 bits per heavy atom. The number of halogens is 4. The molecule has 0 spiro atoms. The van der Waals surface area contributed by atoms with Crippen molar-refractivity contribution in [3.05, 3.63) is 58.3 Å². The fourth-order valence-corrected chi connectivity index (χ4v) is 2.77. The number of alkyl halides is 3. The third-order valence-electron chi connectivity index (χ3n) is 3.60. The molecule has 0 unspecified atom stereocenters. The number of hydrogen-bond acceptors (Lipinski definition) is 5. The standard InChI is InChI=1S/C15H14BrN3O3.C2HF3O2/c16-13-5-11(15(20)21)8-19-12(7-18-14(13)19)6-17-3-1-10-2-4-22-9-10;3-2(4,5)1(6)7/h2,4-5,7-9,17H,1,3,6H2,(H,20,21);(H,6,7). The van der Waals surface area contributed by atoms with Crippen LogP contribution in [0.15, 0.2) is 45.9 Å². The molecule has 0 aliphatic heterocycles. The van der Waals surface area contributed by atoms with Crippen LogP contribution in [-0.2, 0) is 17.8 Å². The topological polar surface area (TPSA) is 117 Å². The van der Waals surface area contributed by atoms with Gasteiger partial charge in [-0.25, -0.2) is 14.6 Å². The van der Waals surface area contributed by atoms with Crippen LogP contribution in [0.25, 0.3) is 5.65 Å². The molecule has 29 heavy (non-hydrogen) atoms. The molecule has 0 aromatic carbocycles. The van der Waals surface area contributed by atoms with Crippen molar-refractivity contribution in [3.8, 4) is 0 Å². The fourth-order valence-electron chi connectivity index (χ4n) is 2.23. The van der Waals surface area contributed by atoms with Gasteiger partial charge in [-0.1, -0.05) is 0 Å². The van der Waals surface area contributed by atoms with E-state index in [0.717, 1.165) is 24.2 Å². The van der Waals surface area contributed by atoms with Gasteiger partial charge in [0.2, 0.25) is 0 Å². The molecule has 0 bridgehead atoms.